The molecule has 9 nitrogen and oxygen atoms in total. The van der Waals surface area contributed by atoms with Crippen LogP contribution in [0, 0.1) is 0 Å². The molecule has 12 heteroatoms. The Hall–Kier alpha value is -0.790. The smallest absolute Gasteiger partial charge is 0.299 e. The van der Waals surface area contributed by atoms with Crippen LogP contribution in [0.25, 0.3) is 6.08 Å². The molecule has 2 rings (SSSR count). The summed E-state index contributed by atoms with van der Waals surface area (Å²) in [5.41, 5.74) is -0.826. The number of anilines is 1. The molecule has 1 amide bonds. The molecule has 0 fully saturated rings. The van der Waals surface area contributed by atoms with Gasteiger partial charge in [0.25, 0.3) is 20.2 Å². The van der Waals surface area contributed by atoms with Crippen LogP contribution in [0.15, 0.2) is 23.1 Å². The molecular weight excluding hydrogens is 373 g/mol. The standard InChI is InChI=1S/C12H13NO8S2.Na/c1-7(14)13-10-6-9(22(16,17)18)5-8-3-2-4-12(15,11(8)10)23(19,20)21;/h2-3,5-6,15H,4H2,1H3,(H,13,14)(H,16,17,18)(H,19,20,21);. The summed E-state index contributed by atoms with van der Waals surface area (Å²) in [6, 6.07) is 1.71. The Morgan fingerprint density at radius 3 is 2.25 bits per heavy atom. The van der Waals surface area contributed by atoms with Crippen molar-refractivity contribution in [3.05, 3.63) is 29.3 Å². The second-order valence-corrected chi connectivity index (χ2v) is 8.00. The second-order valence-electron chi connectivity index (χ2n) is 4.96. The molecule has 1 atom stereocenters. The van der Waals surface area contributed by atoms with Gasteiger partial charge in [-0.3, -0.25) is 13.9 Å². The molecule has 1 radical (unpaired) electrons. The molecule has 24 heavy (non-hydrogen) atoms. The monoisotopic (exact) mass is 386 g/mol. The van der Waals surface area contributed by atoms with E-state index in [1.807, 2.05) is 0 Å². The molecule has 4 N–H and O–H groups in total. The number of aliphatic hydroxyl groups is 1. The van der Waals surface area contributed by atoms with Crippen LogP contribution >= 0.6 is 0 Å². The van der Waals surface area contributed by atoms with Crippen LogP contribution in [-0.2, 0) is 30.0 Å². The van der Waals surface area contributed by atoms with E-state index in [0.717, 1.165) is 19.1 Å². The minimum atomic E-state index is -5.00. The average Bonchev–Trinajstić information content (AvgIpc) is 2.35. The molecule has 1 aromatic rings. The van der Waals surface area contributed by atoms with Crippen LogP contribution in [0.2, 0.25) is 0 Å². The predicted molar refractivity (Wildman–Crippen MR) is 85.4 cm³/mol. The maximum Gasteiger partial charge on any atom is 0.299 e. The number of benzene rings is 1. The number of carbonyl (C=O) groups is 1. The van der Waals surface area contributed by atoms with Crippen molar-refractivity contribution in [2.45, 2.75) is 23.2 Å². The van der Waals surface area contributed by atoms with Crippen molar-refractivity contribution < 1.29 is 35.8 Å². The second kappa shape index (κ2) is 6.84. The maximum absolute atomic E-state index is 11.6. The molecule has 0 bridgehead atoms. The van der Waals surface area contributed by atoms with Crippen molar-refractivity contribution in [1.29, 1.82) is 0 Å². The summed E-state index contributed by atoms with van der Waals surface area (Å²) in [6.07, 6.45) is 2.01. The minimum absolute atomic E-state index is 0. The molecule has 0 spiro atoms. The fourth-order valence-electron chi connectivity index (χ4n) is 2.32. The number of fused-ring (bicyclic) bond motifs is 1. The van der Waals surface area contributed by atoms with Gasteiger partial charge in [0.05, 0.1) is 4.90 Å². The van der Waals surface area contributed by atoms with Crippen LogP contribution in [0.3, 0.4) is 0 Å². The average molecular weight is 386 g/mol. The van der Waals surface area contributed by atoms with Crippen LogP contribution < -0.4 is 5.32 Å². The van der Waals surface area contributed by atoms with E-state index in [1.165, 1.54) is 12.2 Å². The SMILES string of the molecule is CC(=O)Nc1cc(S(=O)(=O)O)cc2c1C(O)(S(=O)(=O)O)CC=C2.[Na]. The molecule has 0 heterocycles. The summed E-state index contributed by atoms with van der Waals surface area (Å²) in [5.74, 6) is -0.674. The van der Waals surface area contributed by atoms with E-state index in [-0.39, 0.29) is 46.4 Å². The molecule has 1 aliphatic rings. The number of rotatable bonds is 3. The van der Waals surface area contributed by atoms with Gasteiger partial charge in [-0.25, -0.2) is 0 Å². The van der Waals surface area contributed by atoms with Crippen molar-refractivity contribution in [2.75, 3.05) is 5.32 Å². The topological polar surface area (TPSA) is 158 Å². The zero-order chi connectivity index (χ0) is 17.6. The van der Waals surface area contributed by atoms with Crippen molar-refractivity contribution >= 4 is 67.5 Å². The molecule has 1 aliphatic carbocycles. The van der Waals surface area contributed by atoms with E-state index in [1.54, 1.807) is 0 Å². The Balaban J connectivity index is 0.00000288. The van der Waals surface area contributed by atoms with Gasteiger partial charge in [-0.2, -0.15) is 16.8 Å². The third kappa shape index (κ3) is 3.89. The van der Waals surface area contributed by atoms with E-state index < -0.39 is 42.4 Å². The molecule has 127 valence electrons. The van der Waals surface area contributed by atoms with Gasteiger partial charge in [0.1, 0.15) is 0 Å². The first-order valence-electron chi connectivity index (χ1n) is 6.16. The Bertz CT molecular complexity index is 923. The summed E-state index contributed by atoms with van der Waals surface area (Å²) < 4.78 is 64.3. The maximum atomic E-state index is 11.6. The van der Waals surface area contributed by atoms with Crippen LogP contribution in [-0.4, -0.2) is 66.5 Å². The number of amides is 1. The third-order valence-electron chi connectivity index (χ3n) is 3.26. The van der Waals surface area contributed by atoms with Crippen LogP contribution in [0.1, 0.15) is 24.5 Å². The Labute approximate surface area is 160 Å². The zero-order valence-electron chi connectivity index (χ0n) is 12.7. The first-order chi connectivity index (χ1) is 10.4. The van der Waals surface area contributed by atoms with Crippen molar-refractivity contribution in [2.24, 2.45) is 0 Å². The molecule has 0 aliphatic heterocycles. The summed E-state index contributed by atoms with van der Waals surface area (Å²) in [6.45, 7) is 1.08. The van der Waals surface area contributed by atoms with Gasteiger partial charge in [0, 0.05) is 54.2 Å². The fourth-order valence-corrected chi connectivity index (χ4v) is 3.66. The van der Waals surface area contributed by atoms with Gasteiger partial charge in [0.2, 0.25) is 10.8 Å². The van der Waals surface area contributed by atoms with Crippen molar-refractivity contribution in [3.8, 4) is 0 Å². The first-order valence-corrected chi connectivity index (χ1v) is 9.04. The number of nitrogens with one attached hydrogen (secondary N) is 1. The van der Waals surface area contributed by atoms with Gasteiger partial charge in [-0.05, 0) is 17.7 Å². The normalized spacial score (nSPS) is 20.0. The quantitative estimate of drug-likeness (QED) is 0.416. The fraction of sp³-hybridized carbons (Fsp3) is 0.250. The van der Waals surface area contributed by atoms with Gasteiger partial charge in [-0.1, -0.05) is 12.2 Å². The van der Waals surface area contributed by atoms with E-state index in [4.69, 9.17) is 4.55 Å². The Kier molecular flexibility index (Phi) is 6.06. The van der Waals surface area contributed by atoms with Crippen LogP contribution in [0.5, 0.6) is 0 Å². The first kappa shape index (κ1) is 21.3. The third-order valence-corrected chi connectivity index (χ3v) is 5.32. The van der Waals surface area contributed by atoms with Gasteiger partial charge in [-0.15, -0.1) is 0 Å². The van der Waals surface area contributed by atoms with Gasteiger partial charge >= 0.3 is 0 Å². The van der Waals surface area contributed by atoms with Crippen molar-refractivity contribution in [3.63, 3.8) is 0 Å². The summed E-state index contributed by atoms with van der Waals surface area (Å²) >= 11 is 0. The van der Waals surface area contributed by atoms with E-state index in [9.17, 15) is 31.3 Å². The van der Waals surface area contributed by atoms with Crippen LogP contribution in [0.4, 0.5) is 5.69 Å². The molecular formula is C12H13NNaO8S2. The summed E-state index contributed by atoms with van der Waals surface area (Å²) in [5, 5.41) is 12.6. The van der Waals surface area contributed by atoms with Gasteiger partial charge < -0.3 is 10.4 Å². The van der Waals surface area contributed by atoms with Crippen molar-refractivity contribution in [1.82, 2.24) is 0 Å². The molecule has 0 saturated carbocycles. The minimum Gasteiger partial charge on any atom is -0.369 e. The van der Waals surface area contributed by atoms with Gasteiger partial charge in [0.15, 0.2) is 0 Å². The number of hydrogen-bond acceptors (Lipinski definition) is 6. The Morgan fingerprint density at radius 2 is 1.79 bits per heavy atom. The summed E-state index contributed by atoms with van der Waals surface area (Å²) in [4.78, 5) is 7.92. The van der Waals surface area contributed by atoms with E-state index >= 15 is 0 Å². The number of carbonyl (C=O) groups excluding carboxylic acids is 1. The summed E-state index contributed by atoms with van der Waals surface area (Å²) in [7, 11) is -9.65. The van der Waals surface area contributed by atoms with E-state index in [2.05, 4.69) is 5.32 Å². The predicted octanol–water partition coefficient (Wildman–Crippen LogP) is -0.0393. The largest absolute Gasteiger partial charge is 0.369 e. The Morgan fingerprint density at radius 1 is 1.21 bits per heavy atom. The van der Waals surface area contributed by atoms with E-state index in [0.29, 0.717) is 0 Å². The molecule has 0 saturated heterocycles. The zero-order valence-corrected chi connectivity index (χ0v) is 16.3. The molecule has 1 unspecified atom stereocenters. The molecule has 1 aromatic carbocycles. The molecule has 0 aromatic heterocycles. The number of hydrogen-bond donors (Lipinski definition) is 4.